The fourth-order valence-corrected chi connectivity index (χ4v) is 2.39. The molecule has 1 aliphatic carbocycles. The average molecular weight is 243 g/mol. The van der Waals surface area contributed by atoms with E-state index in [9.17, 15) is 4.79 Å². The highest BCUT2D eigenvalue weighted by atomic mass is 16.2. The fourth-order valence-electron chi connectivity index (χ4n) is 2.39. The molecule has 0 radical (unpaired) electrons. The molecule has 0 bridgehead atoms. The minimum Gasteiger partial charge on any atom is -0.334 e. The number of benzene rings is 1. The normalized spacial score (nSPS) is 15.7. The van der Waals surface area contributed by atoms with E-state index < -0.39 is 0 Å². The SMILES string of the molecule is CN(C(=O)C1CCC1)c1ccc2c(c1)ncn2C. The summed E-state index contributed by atoms with van der Waals surface area (Å²) in [4.78, 5) is 18.3. The van der Waals surface area contributed by atoms with Crippen molar-refractivity contribution in [1.82, 2.24) is 9.55 Å². The molecule has 0 saturated heterocycles. The number of aromatic nitrogens is 2. The summed E-state index contributed by atoms with van der Waals surface area (Å²) in [5.41, 5.74) is 2.95. The van der Waals surface area contributed by atoms with Crippen molar-refractivity contribution in [3.8, 4) is 0 Å². The Bertz CT molecular complexity index is 598. The maximum Gasteiger partial charge on any atom is 0.229 e. The lowest BCUT2D eigenvalue weighted by Gasteiger charge is -2.29. The Hall–Kier alpha value is -1.84. The Labute approximate surface area is 106 Å². The zero-order chi connectivity index (χ0) is 12.7. The van der Waals surface area contributed by atoms with Gasteiger partial charge in [0.15, 0.2) is 0 Å². The number of hydrogen-bond donors (Lipinski definition) is 0. The van der Waals surface area contributed by atoms with Gasteiger partial charge in [-0.25, -0.2) is 4.98 Å². The molecule has 4 nitrogen and oxygen atoms in total. The molecule has 1 aromatic carbocycles. The van der Waals surface area contributed by atoms with Crippen molar-refractivity contribution < 1.29 is 4.79 Å². The maximum atomic E-state index is 12.2. The molecular weight excluding hydrogens is 226 g/mol. The van der Waals surface area contributed by atoms with Gasteiger partial charge in [0, 0.05) is 25.7 Å². The highest BCUT2D eigenvalue weighted by Gasteiger charge is 2.28. The van der Waals surface area contributed by atoms with Crippen molar-refractivity contribution in [1.29, 1.82) is 0 Å². The topological polar surface area (TPSA) is 38.1 Å². The zero-order valence-electron chi connectivity index (χ0n) is 10.8. The van der Waals surface area contributed by atoms with E-state index in [0.717, 1.165) is 29.6 Å². The molecule has 94 valence electrons. The molecule has 4 heteroatoms. The number of aryl methyl sites for hydroxylation is 1. The molecule has 3 rings (SSSR count). The highest BCUT2D eigenvalue weighted by Crippen LogP contribution is 2.30. The molecule has 18 heavy (non-hydrogen) atoms. The van der Waals surface area contributed by atoms with E-state index in [1.54, 1.807) is 11.2 Å². The van der Waals surface area contributed by atoms with Gasteiger partial charge in [-0.3, -0.25) is 4.79 Å². The predicted molar refractivity (Wildman–Crippen MR) is 71.5 cm³/mol. The quantitative estimate of drug-likeness (QED) is 0.812. The molecule has 1 heterocycles. The molecule has 0 atom stereocenters. The lowest BCUT2D eigenvalue weighted by molar-refractivity contribution is -0.124. The molecule has 1 aliphatic rings. The third-order valence-electron chi connectivity index (χ3n) is 3.88. The molecule has 0 unspecified atom stereocenters. The number of hydrogen-bond acceptors (Lipinski definition) is 2. The van der Waals surface area contributed by atoms with Crippen LogP contribution in [0.2, 0.25) is 0 Å². The molecule has 0 N–H and O–H groups in total. The molecule has 2 aromatic rings. The molecule has 0 spiro atoms. The highest BCUT2D eigenvalue weighted by molar-refractivity contribution is 5.96. The fraction of sp³-hybridized carbons (Fsp3) is 0.429. The van der Waals surface area contributed by atoms with E-state index in [4.69, 9.17) is 0 Å². The first-order chi connectivity index (χ1) is 8.66. The summed E-state index contributed by atoms with van der Waals surface area (Å²) < 4.78 is 1.98. The van der Waals surface area contributed by atoms with Crippen LogP contribution in [0, 0.1) is 5.92 Å². The Kier molecular flexibility index (Phi) is 2.58. The standard InChI is InChI=1S/C14H17N3O/c1-16-9-15-12-8-11(6-7-13(12)16)17(2)14(18)10-4-3-5-10/h6-10H,3-5H2,1-2H3. The second-order valence-electron chi connectivity index (χ2n) is 5.05. The lowest BCUT2D eigenvalue weighted by Crippen LogP contribution is -2.36. The van der Waals surface area contributed by atoms with Gasteiger partial charge >= 0.3 is 0 Å². The summed E-state index contributed by atoms with van der Waals surface area (Å²) in [7, 11) is 3.82. The molecule has 1 aromatic heterocycles. The Morgan fingerprint density at radius 1 is 1.44 bits per heavy atom. The van der Waals surface area contributed by atoms with E-state index in [2.05, 4.69) is 4.98 Å². The van der Waals surface area contributed by atoms with Crippen LogP contribution >= 0.6 is 0 Å². The summed E-state index contributed by atoms with van der Waals surface area (Å²) in [6, 6.07) is 5.98. The van der Waals surface area contributed by atoms with E-state index in [-0.39, 0.29) is 11.8 Å². The molecular formula is C14H17N3O. The number of carbonyl (C=O) groups is 1. The maximum absolute atomic E-state index is 12.2. The summed E-state index contributed by atoms with van der Waals surface area (Å²) in [5.74, 6) is 0.464. The van der Waals surface area contributed by atoms with Crippen molar-refractivity contribution in [3.63, 3.8) is 0 Å². The first kappa shape index (κ1) is 11.3. The third-order valence-corrected chi connectivity index (χ3v) is 3.88. The monoisotopic (exact) mass is 243 g/mol. The van der Waals surface area contributed by atoms with Crippen molar-refractivity contribution >= 4 is 22.6 Å². The van der Waals surface area contributed by atoms with E-state index in [0.29, 0.717) is 0 Å². The Morgan fingerprint density at radius 2 is 2.22 bits per heavy atom. The van der Waals surface area contributed by atoms with Crippen LogP contribution in [0.5, 0.6) is 0 Å². The van der Waals surface area contributed by atoms with Crippen molar-refractivity contribution in [2.24, 2.45) is 13.0 Å². The average Bonchev–Trinajstić information content (AvgIpc) is 2.67. The third kappa shape index (κ3) is 1.68. The van der Waals surface area contributed by atoms with Gasteiger partial charge in [-0.2, -0.15) is 0 Å². The predicted octanol–water partition coefficient (Wildman–Crippen LogP) is 2.34. The molecule has 0 aliphatic heterocycles. The number of nitrogens with zero attached hydrogens (tertiary/aromatic N) is 3. The molecule has 1 fully saturated rings. The van der Waals surface area contributed by atoms with Gasteiger partial charge in [0.2, 0.25) is 5.91 Å². The van der Waals surface area contributed by atoms with Gasteiger partial charge in [0.05, 0.1) is 17.4 Å². The summed E-state index contributed by atoms with van der Waals surface area (Å²) >= 11 is 0. The minimum absolute atomic E-state index is 0.231. The van der Waals surface area contributed by atoms with Crippen molar-refractivity contribution in [2.75, 3.05) is 11.9 Å². The van der Waals surface area contributed by atoms with Crippen LogP contribution in [0.4, 0.5) is 5.69 Å². The molecule has 1 saturated carbocycles. The Morgan fingerprint density at radius 3 is 2.89 bits per heavy atom. The summed E-state index contributed by atoms with van der Waals surface area (Å²) in [5, 5.41) is 0. The van der Waals surface area contributed by atoms with Crippen LogP contribution in [-0.4, -0.2) is 22.5 Å². The van der Waals surface area contributed by atoms with Crippen LogP contribution in [0.3, 0.4) is 0 Å². The van der Waals surface area contributed by atoms with Crippen LogP contribution in [0.15, 0.2) is 24.5 Å². The second kappa shape index (κ2) is 4.12. The van der Waals surface area contributed by atoms with E-state index in [1.807, 2.05) is 36.9 Å². The first-order valence-corrected chi connectivity index (χ1v) is 6.35. The number of fused-ring (bicyclic) bond motifs is 1. The second-order valence-corrected chi connectivity index (χ2v) is 5.05. The van der Waals surface area contributed by atoms with Crippen LogP contribution < -0.4 is 4.90 Å². The lowest BCUT2D eigenvalue weighted by atomic mass is 9.84. The van der Waals surface area contributed by atoms with Gasteiger partial charge in [0.25, 0.3) is 0 Å². The van der Waals surface area contributed by atoms with Gasteiger partial charge in [-0.05, 0) is 31.0 Å². The van der Waals surface area contributed by atoms with Gasteiger partial charge < -0.3 is 9.47 Å². The van der Waals surface area contributed by atoms with Gasteiger partial charge in [0.1, 0.15) is 0 Å². The minimum atomic E-state index is 0.231. The number of carbonyl (C=O) groups excluding carboxylic acids is 1. The van der Waals surface area contributed by atoms with Gasteiger partial charge in [-0.15, -0.1) is 0 Å². The van der Waals surface area contributed by atoms with E-state index >= 15 is 0 Å². The number of amides is 1. The number of anilines is 1. The van der Waals surface area contributed by atoms with Crippen molar-refractivity contribution in [3.05, 3.63) is 24.5 Å². The smallest absolute Gasteiger partial charge is 0.229 e. The number of rotatable bonds is 2. The summed E-state index contributed by atoms with van der Waals surface area (Å²) in [6.45, 7) is 0. The molecule has 1 amide bonds. The summed E-state index contributed by atoms with van der Waals surface area (Å²) in [6.07, 6.45) is 5.05. The van der Waals surface area contributed by atoms with Crippen LogP contribution in [-0.2, 0) is 11.8 Å². The zero-order valence-corrected chi connectivity index (χ0v) is 10.8. The largest absolute Gasteiger partial charge is 0.334 e. The van der Waals surface area contributed by atoms with Gasteiger partial charge in [-0.1, -0.05) is 6.42 Å². The Balaban J connectivity index is 1.91. The first-order valence-electron chi connectivity index (χ1n) is 6.35. The van der Waals surface area contributed by atoms with Crippen LogP contribution in [0.25, 0.3) is 11.0 Å². The van der Waals surface area contributed by atoms with Crippen molar-refractivity contribution in [2.45, 2.75) is 19.3 Å². The van der Waals surface area contributed by atoms with Crippen LogP contribution in [0.1, 0.15) is 19.3 Å². The van der Waals surface area contributed by atoms with E-state index in [1.165, 1.54) is 6.42 Å². The number of imidazole rings is 1.